The Kier molecular flexibility index (Phi) is 3.72. The zero-order valence-electron chi connectivity index (χ0n) is 13.6. The summed E-state index contributed by atoms with van der Waals surface area (Å²) < 4.78 is 3.75. The number of nitrogens with one attached hydrogen (secondary N) is 1. The standard InChI is InChI=1S/C15H19N7OS/c1-10-8-22-14(17-10)24-15(19-22)20-6-3-4-11(9-20)21-7-5-12(18-21)13(23)16-2/h5,7-8,11H,3-4,6,9H2,1-2H3,(H,16,23)/t11-/m0/s1. The molecule has 24 heavy (non-hydrogen) atoms. The number of amides is 1. The van der Waals surface area contributed by atoms with E-state index in [9.17, 15) is 4.79 Å². The zero-order chi connectivity index (χ0) is 16.7. The van der Waals surface area contributed by atoms with Crippen molar-refractivity contribution in [2.75, 3.05) is 25.0 Å². The Morgan fingerprint density at radius 2 is 2.29 bits per heavy atom. The van der Waals surface area contributed by atoms with Crippen LogP contribution in [-0.2, 0) is 0 Å². The zero-order valence-corrected chi connectivity index (χ0v) is 14.5. The van der Waals surface area contributed by atoms with Gasteiger partial charge in [-0.25, -0.2) is 9.50 Å². The number of hydrogen-bond donors (Lipinski definition) is 1. The molecule has 0 radical (unpaired) electrons. The molecule has 1 atom stereocenters. The van der Waals surface area contributed by atoms with Gasteiger partial charge in [0.2, 0.25) is 10.1 Å². The normalized spacial score (nSPS) is 18.2. The lowest BCUT2D eigenvalue weighted by molar-refractivity contribution is 0.0957. The second-order valence-electron chi connectivity index (χ2n) is 6.00. The predicted molar refractivity (Wildman–Crippen MR) is 91.7 cm³/mol. The van der Waals surface area contributed by atoms with E-state index in [0.29, 0.717) is 5.69 Å². The third-order valence-corrected chi connectivity index (χ3v) is 5.25. The molecule has 4 heterocycles. The molecule has 0 aromatic carbocycles. The number of carbonyl (C=O) groups excluding carboxylic acids is 1. The SMILES string of the molecule is CNC(=O)c1ccn([C@H]2CCCN(c3nn4cc(C)nc4s3)C2)n1. The number of fused-ring (bicyclic) bond motifs is 1. The summed E-state index contributed by atoms with van der Waals surface area (Å²) in [5, 5.41) is 12.6. The monoisotopic (exact) mass is 345 g/mol. The van der Waals surface area contributed by atoms with Crippen molar-refractivity contribution in [3.05, 3.63) is 29.8 Å². The van der Waals surface area contributed by atoms with Crippen LogP contribution in [0.15, 0.2) is 18.5 Å². The highest BCUT2D eigenvalue weighted by molar-refractivity contribution is 7.20. The van der Waals surface area contributed by atoms with Gasteiger partial charge in [-0.1, -0.05) is 11.3 Å². The first-order valence-corrected chi connectivity index (χ1v) is 8.80. The summed E-state index contributed by atoms with van der Waals surface area (Å²) in [6.45, 7) is 3.79. The van der Waals surface area contributed by atoms with Crippen molar-refractivity contribution in [3.8, 4) is 0 Å². The Labute approximate surface area is 143 Å². The van der Waals surface area contributed by atoms with E-state index in [1.54, 1.807) is 24.5 Å². The highest BCUT2D eigenvalue weighted by atomic mass is 32.1. The second-order valence-corrected chi connectivity index (χ2v) is 6.93. The highest BCUT2D eigenvalue weighted by Gasteiger charge is 2.25. The smallest absolute Gasteiger partial charge is 0.271 e. The van der Waals surface area contributed by atoms with Crippen LogP contribution in [0.25, 0.3) is 4.96 Å². The van der Waals surface area contributed by atoms with Crippen molar-refractivity contribution < 1.29 is 4.79 Å². The van der Waals surface area contributed by atoms with Gasteiger partial charge in [-0.2, -0.15) is 5.10 Å². The molecule has 1 saturated heterocycles. The third-order valence-electron chi connectivity index (χ3n) is 4.26. The average molecular weight is 345 g/mol. The predicted octanol–water partition coefficient (Wildman–Crippen LogP) is 1.50. The minimum atomic E-state index is -0.155. The number of aromatic nitrogens is 5. The number of nitrogens with zero attached hydrogens (tertiary/aromatic N) is 6. The number of anilines is 1. The van der Waals surface area contributed by atoms with Crippen LogP contribution in [0, 0.1) is 6.92 Å². The first kappa shape index (κ1) is 15.1. The molecule has 4 rings (SSSR count). The van der Waals surface area contributed by atoms with Crippen LogP contribution in [0.5, 0.6) is 0 Å². The minimum Gasteiger partial charge on any atom is -0.354 e. The number of aryl methyl sites for hydroxylation is 1. The molecule has 1 aliphatic heterocycles. The third kappa shape index (κ3) is 2.64. The maximum Gasteiger partial charge on any atom is 0.271 e. The molecule has 0 bridgehead atoms. The Morgan fingerprint density at radius 1 is 1.42 bits per heavy atom. The summed E-state index contributed by atoms with van der Waals surface area (Å²) in [5.74, 6) is -0.155. The van der Waals surface area contributed by atoms with Gasteiger partial charge in [-0.05, 0) is 25.8 Å². The van der Waals surface area contributed by atoms with Crippen LogP contribution in [0.1, 0.15) is 35.1 Å². The van der Waals surface area contributed by atoms with Gasteiger partial charge in [0.25, 0.3) is 5.91 Å². The largest absolute Gasteiger partial charge is 0.354 e. The molecule has 0 aliphatic carbocycles. The first-order valence-electron chi connectivity index (χ1n) is 7.99. The van der Waals surface area contributed by atoms with Crippen LogP contribution in [-0.4, -0.2) is 50.4 Å². The van der Waals surface area contributed by atoms with E-state index in [-0.39, 0.29) is 11.9 Å². The van der Waals surface area contributed by atoms with Gasteiger partial charge in [0.05, 0.1) is 17.9 Å². The highest BCUT2D eigenvalue weighted by Crippen LogP contribution is 2.29. The fourth-order valence-electron chi connectivity index (χ4n) is 3.06. The van der Waals surface area contributed by atoms with Gasteiger partial charge in [-0.15, -0.1) is 5.10 Å². The first-order chi connectivity index (χ1) is 11.6. The molecular weight excluding hydrogens is 326 g/mol. The van der Waals surface area contributed by atoms with Gasteiger partial charge >= 0.3 is 0 Å². The lowest BCUT2D eigenvalue weighted by Crippen LogP contribution is -2.37. The topological polar surface area (TPSA) is 80.4 Å². The van der Waals surface area contributed by atoms with Crippen LogP contribution >= 0.6 is 11.3 Å². The Morgan fingerprint density at radius 3 is 3.08 bits per heavy atom. The second kappa shape index (κ2) is 5.90. The molecule has 0 unspecified atom stereocenters. The molecule has 0 saturated carbocycles. The summed E-state index contributed by atoms with van der Waals surface area (Å²) >= 11 is 1.61. The van der Waals surface area contributed by atoms with Gasteiger partial charge < -0.3 is 10.2 Å². The Bertz CT molecular complexity index is 848. The number of imidazole rings is 1. The molecule has 3 aromatic rings. The Balaban J connectivity index is 1.53. The lowest BCUT2D eigenvalue weighted by atomic mass is 10.1. The van der Waals surface area contributed by atoms with E-state index in [1.807, 2.05) is 28.5 Å². The van der Waals surface area contributed by atoms with E-state index in [0.717, 1.165) is 41.7 Å². The van der Waals surface area contributed by atoms with Gasteiger partial charge in [0.1, 0.15) is 5.69 Å². The number of hydrogen-bond acceptors (Lipinski definition) is 6. The summed E-state index contributed by atoms with van der Waals surface area (Å²) in [5.41, 5.74) is 1.44. The molecule has 1 fully saturated rings. The molecular formula is C15H19N7OS. The fraction of sp³-hybridized carbons (Fsp3) is 0.467. The van der Waals surface area contributed by atoms with Gasteiger partial charge in [-0.3, -0.25) is 9.48 Å². The van der Waals surface area contributed by atoms with Crippen molar-refractivity contribution in [2.24, 2.45) is 0 Å². The molecule has 1 aliphatic rings. The average Bonchev–Trinajstić information content (AvgIpc) is 3.28. The quantitative estimate of drug-likeness (QED) is 0.778. The maximum atomic E-state index is 11.7. The lowest BCUT2D eigenvalue weighted by Gasteiger charge is -2.32. The van der Waals surface area contributed by atoms with E-state index in [1.165, 1.54) is 0 Å². The number of carbonyl (C=O) groups is 1. The van der Waals surface area contributed by atoms with Crippen molar-refractivity contribution in [2.45, 2.75) is 25.8 Å². The Hall–Kier alpha value is -2.42. The number of piperidine rings is 1. The van der Waals surface area contributed by atoms with E-state index in [4.69, 9.17) is 0 Å². The molecule has 8 nitrogen and oxygen atoms in total. The van der Waals surface area contributed by atoms with Crippen LogP contribution in [0.4, 0.5) is 5.13 Å². The molecule has 1 N–H and O–H groups in total. The van der Waals surface area contributed by atoms with Crippen molar-refractivity contribution in [3.63, 3.8) is 0 Å². The molecule has 1 amide bonds. The summed E-state index contributed by atoms with van der Waals surface area (Å²) in [6.07, 6.45) is 5.95. The van der Waals surface area contributed by atoms with E-state index < -0.39 is 0 Å². The van der Waals surface area contributed by atoms with Gasteiger partial charge in [0, 0.05) is 26.3 Å². The summed E-state index contributed by atoms with van der Waals surface area (Å²) in [7, 11) is 1.62. The van der Waals surface area contributed by atoms with E-state index in [2.05, 4.69) is 25.4 Å². The summed E-state index contributed by atoms with van der Waals surface area (Å²) in [4.78, 5) is 19.3. The summed E-state index contributed by atoms with van der Waals surface area (Å²) in [6, 6.07) is 2.01. The van der Waals surface area contributed by atoms with Crippen molar-refractivity contribution in [1.29, 1.82) is 0 Å². The van der Waals surface area contributed by atoms with E-state index >= 15 is 0 Å². The van der Waals surface area contributed by atoms with Crippen LogP contribution in [0.2, 0.25) is 0 Å². The molecule has 0 spiro atoms. The van der Waals surface area contributed by atoms with Crippen molar-refractivity contribution >= 4 is 27.3 Å². The molecule has 3 aromatic heterocycles. The molecule has 9 heteroatoms. The van der Waals surface area contributed by atoms with Crippen LogP contribution in [0.3, 0.4) is 0 Å². The molecule has 126 valence electrons. The van der Waals surface area contributed by atoms with Crippen molar-refractivity contribution in [1.82, 2.24) is 29.7 Å². The minimum absolute atomic E-state index is 0.155. The van der Waals surface area contributed by atoms with Gasteiger partial charge in [0.15, 0.2) is 0 Å². The van der Waals surface area contributed by atoms with Crippen LogP contribution < -0.4 is 10.2 Å². The fourth-order valence-corrected chi connectivity index (χ4v) is 4.03. The number of rotatable bonds is 3. The maximum absolute atomic E-state index is 11.7.